The van der Waals surface area contributed by atoms with Gasteiger partial charge in [0.1, 0.15) is 10.6 Å². The van der Waals surface area contributed by atoms with Gasteiger partial charge in [-0.25, -0.2) is 5.26 Å². The highest BCUT2D eigenvalue weighted by Crippen LogP contribution is 2.34. The molecule has 10 nitrogen and oxygen atoms in total. The summed E-state index contributed by atoms with van der Waals surface area (Å²) in [6, 6.07) is 12.3. The van der Waals surface area contributed by atoms with E-state index in [1.807, 2.05) is 0 Å². The third kappa shape index (κ3) is 5.00. The van der Waals surface area contributed by atoms with Gasteiger partial charge >= 0.3 is 0 Å². The van der Waals surface area contributed by atoms with Crippen molar-refractivity contribution in [1.82, 2.24) is 0 Å². The second kappa shape index (κ2) is 8.73. The van der Waals surface area contributed by atoms with Crippen LogP contribution < -0.4 is 10.5 Å². The monoisotopic (exact) mass is 437 g/mol. The van der Waals surface area contributed by atoms with Gasteiger partial charge in [0.25, 0.3) is 10.1 Å². The Hall–Kier alpha value is -2.74. The molecular formula is C17H15N3O7S2. The Bertz CT molecular complexity index is 1180. The SMILES string of the molecule is COc1cc(N=Nc2ccc3cc(SOOO)cc(S(=O)(=O)O)c3c2)ccc1N. The van der Waals surface area contributed by atoms with E-state index in [0.29, 0.717) is 40.2 Å². The van der Waals surface area contributed by atoms with Gasteiger partial charge in [-0.05, 0) is 41.8 Å². The lowest BCUT2D eigenvalue weighted by atomic mass is 10.1. The van der Waals surface area contributed by atoms with E-state index in [2.05, 4.69) is 19.6 Å². The number of ether oxygens (including phenoxy) is 1. The number of anilines is 1. The Labute approximate surface area is 169 Å². The van der Waals surface area contributed by atoms with E-state index in [-0.39, 0.29) is 15.2 Å². The van der Waals surface area contributed by atoms with Crippen LogP contribution in [-0.2, 0) is 19.5 Å². The van der Waals surface area contributed by atoms with E-state index in [0.717, 1.165) is 0 Å². The number of nitrogens with zero attached hydrogens (tertiary/aromatic N) is 2. The van der Waals surface area contributed by atoms with Crippen molar-refractivity contribution in [2.45, 2.75) is 9.79 Å². The molecule has 0 radical (unpaired) electrons. The minimum absolute atomic E-state index is 0.230. The quantitative estimate of drug-likeness (QED) is 0.121. The summed E-state index contributed by atoms with van der Waals surface area (Å²) in [7, 11) is -3.07. The third-order valence-electron chi connectivity index (χ3n) is 3.81. The second-order valence-corrected chi connectivity index (χ2v) is 7.82. The third-order valence-corrected chi connectivity index (χ3v) is 5.26. The van der Waals surface area contributed by atoms with Crippen molar-refractivity contribution in [3.05, 3.63) is 48.5 Å². The molecule has 0 aromatic heterocycles. The Kier molecular flexibility index (Phi) is 6.32. The lowest BCUT2D eigenvalue weighted by molar-refractivity contribution is -0.432. The molecule has 0 unspecified atom stereocenters. The predicted octanol–water partition coefficient (Wildman–Crippen LogP) is 4.52. The molecule has 3 rings (SSSR count). The van der Waals surface area contributed by atoms with E-state index in [9.17, 15) is 13.0 Å². The lowest BCUT2D eigenvalue weighted by Crippen LogP contribution is -1.99. The zero-order valence-corrected chi connectivity index (χ0v) is 16.5. The summed E-state index contributed by atoms with van der Waals surface area (Å²) in [4.78, 5) is -0.0761. The van der Waals surface area contributed by atoms with Crippen LogP contribution in [0.4, 0.5) is 17.1 Å². The number of nitrogens with two attached hydrogens (primary N) is 1. The maximum absolute atomic E-state index is 11.8. The summed E-state index contributed by atoms with van der Waals surface area (Å²) in [6.07, 6.45) is 0. The largest absolute Gasteiger partial charge is 0.495 e. The van der Waals surface area contributed by atoms with Crippen molar-refractivity contribution in [2.24, 2.45) is 10.2 Å². The predicted molar refractivity (Wildman–Crippen MR) is 106 cm³/mol. The van der Waals surface area contributed by atoms with Crippen LogP contribution in [0.5, 0.6) is 5.75 Å². The molecule has 12 heteroatoms. The van der Waals surface area contributed by atoms with Crippen LogP contribution in [0.1, 0.15) is 0 Å². The average Bonchev–Trinajstić information content (AvgIpc) is 2.70. The van der Waals surface area contributed by atoms with Crippen LogP contribution in [0, 0.1) is 0 Å². The topological polar surface area (TPSA) is 153 Å². The Morgan fingerprint density at radius 1 is 1.03 bits per heavy atom. The van der Waals surface area contributed by atoms with Crippen LogP contribution in [-0.4, -0.2) is 25.3 Å². The van der Waals surface area contributed by atoms with Gasteiger partial charge in [-0.15, -0.1) is 4.33 Å². The normalized spacial score (nSPS) is 12.0. The minimum Gasteiger partial charge on any atom is -0.495 e. The number of benzene rings is 3. The average molecular weight is 437 g/mol. The van der Waals surface area contributed by atoms with Crippen LogP contribution in [0.25, 0.3) is 10.8 Å². The number of azo groups is 1. The lowest BCUT2D eigenvalue weighted by Gasteiger charge is -2.08. The summed E-state index contributed by atoms with van der Waals surface area (Å²) in [5.41, 5.74) is 7.06. The van der Waals surface area contributed by atoms with E-state index in [1.165, 1.54) is 19.2 Å². The summed E-state index contributed by atoms with van der Waals surface area (Å²) in [6.45, 7) is 0. The van der Waals surface area contributed by atoms with Gasteiger partial charge < -0.3 is 10.5 Å². The Morgan fingerprint density at radius 2 is 1.72 bits per heavy atom. The first kappa shape index (κ1) is 21.0. The van der Waals surface area contributed by atoms with Crippen molar-refractivity contribution in [1.29, 1.82) is 0 Å². The number of methoxy groups -OCH3 is 1. The number of rotatable bonds is 7. The molecule has 0 fully saturated rings. The molecule has 3 aromatic rings. The molecule has 0 heterocycles. The zero-order valence-electron chi connectivity index (χ0n) is 14.8. The Morgan fingerprint density at radius 3 is 2.38 bits per heavy atom. The van der Waals surface area contributed by atoms with E-state index in [4.69, 9.17) is 15.7 Å². The van der Waals surface area contributed by atoms with Crippen LogP contribution in [0.3, 0.4) is 0 Å². The number of hydrogen-bond acceptors (Lipinski definition) is 10. The summed E-state index contributed by atoms with van der Waals surface area (Å²) >= 11 is 0.570. The molecule has 0 atom stereocenters. The summed E-state index contributed by atoms with van der Waals surface area (Å²) in [5, 5.41) is 20.7. The first-order valence-corrected chi connectivity index (χ1v) is 10.1. The molecule has 0 aliphatic heterocycles. The van der Waals surface area contributed by atoms with Crippen LogP contribution in [0.15, 0.2) is 68.6 Å². The molecule has 0 spiro atoms. The first-order chi connectivity index (χ1) is 13.8. The molecule has 29 heavy (non-hydrogen) atoms. The molecule has 4 N–H and O–H groups in total. The number of fused-ring (bicyclic) bond motifs is 1. The molecular weight excluding hydrogens is 422 g/mol. The maximum atomic E-state index is 11.8. The highest BCUT2D eigenvalue weighted by Gasteiger charge is 2.17. The molecule has 0 saturated carbocycles. The molecule has 0 aliphatic rings. The zero-order chi connectivity index (χ0) is 21.0. The van der Waals surface area contributed by atoms with Gasteiger partial charge in [0.05, 0.1) is 36.2 Å². The molecule has 0 amide bonds. The fraction of sp³-hybridized carbons (Fsp3) is 0.0588. The van der Waals surface area contributed by atoms with Crippen LogP contribution >= 0.6 is 12.0 Å². The van der Waals surface area contributed by atoms with Gasteiger partial charge in [0, 0.05) is 16.3 Å². The highest BCUT2D eigenvalue weighted by molar-refractivity contribution is 7.94. The fourth-order valence-electron chi connectivity index (χ4n) is 2.54. The minimum atomic E-state index is -4.55. The maximum Gasteiger partial charge on any atom is 0.295 e. The number of hydrogen-bond donors (Lipinski definition) is 3. The molecule has 0 aliphatic carbocycles. The van der Waals surface area contributed by atoms with E-state index >= 15 is 0 Å². The van der Waals surface area contributed by atoms with Crippen LogP contribution in [0.2, 0.25) is 0 Å². The summed E-state index contributed by atoms with van der Waals surface area (Å²) < 4.78 is 42.7. The fourth-order valence-corrected chi connectivity index (χ4v) is 3.80. The second-order valence-electron chi connectivity index (χ2n) is 5.65. The van der Waals surface area contributed by atoms with Crippen molar-refractivity contribution in [3.63, 3.8) is 0 Å². The smallest absolute Gasteiger partial charge is 0.295 e. The van der Waals surface area contributed by atoms with Gasteiger partial charge in [-0.2, -0.15) is 18.6 Å². The van der Waals surface area contributed by atoms with Crippen molar-refractivity contribution in [3.8, 4) is 5.75 Å². The first-order valence-electron chi connectivity index (χ1n) is 7.87. The van der Waals surface area contributed by atoms with Gasteiger partial charge in [-0.3, -0.25) is 4.55 Å². The molecule has 0 saturated heterocycles. The molecule has 152 valence electrons. The van der Waals surface area contributed by atoms with E-state index < -0.39 is 10.1 Å². The van der Waals surface area contributed by atoms with Crippen molar-refractivity contribution in [2.75, 3.05) is 12.8 Å². The standard InChI is InChI=1S/C17H15N3O7S2/c1-25-16-8-12(4-5-15(16)18)20-19-11-3-2-10-6-13(28-27-26-21)9-17(14(10)7-11)29(22,23)24/h2-9,21H,18H2,1H3,(H,22,23,24). The van der Waals surface area contributed by atoms with Crippen molar-refractivity contribution < 1.29 is 32.3 Å². The Balaban J connectivity index is 2.02. The van der Waals surface area contributed by atoms with Gasteiger partial charge in [-0.1, -0.05) is 11.1 Å². The molecule has 0 bridgehead atoms. The summed E-state index contributed by atoms with van der Waals surface area (Å²) in [5.74, 6) is 0.452. The van der Waals surface area contributed by atoms with Gasteiger partial charge in [0.15, 0.2) is 0 Å². The number of nitrogen functional groups attached to an aromatic ring is 1. The molecule has 3 aromatic carbocycles. The highest BCUT2D eigenvalue weighted by atomic mass is 32.2. The van der Waals surface area contributed by atoms with Gasteiger partial charge in [0.2, 0.25) is 0 Å². The van der Waals surface area contributed by atoms with E-state index in [1.54, 1.807) is 36.4 Å². The van der Waals surface area contributed by atoms with Crippen molar-refractivity contribution >= 4 is 50.0 Å².